The molecule has 172 valence electrons. The molecule has 3 rings (SSSR count). The molecule has 1 aliphatic heterocycles. The van der Waals surface area contributed by atoms with E-state index in [-0.39, 0.29) is 24.3 Å². The quantitative estimate of drug-likeness (QED) is 0.540. The van der Waals surface area contributed by atoms with Gasteiger partial charge in [-0.2, -0.15) is 13.2 Å². The van der Waals surface area contributed by atoms with Gasteiger partial charge in [0.25, 0.3) is 0 Å². The van der Waals surface area contributed by atoms with Crippen molar-refractivity contribution in [3.05, 3.63) is 59.2 Å². The minimum atomic E-state index is -4.50. The van der Waals surface area contributed by atoms with Crippen LogP contribution in [0.2, 0.25) is 0 Å². The summed E-state index contributed by atoms with van der Waals surface area (Å²) in [5.41, 5.74) is 1.30. The van der Waals surface area contributed by atoms with Crippen molar-refractivity contribution < 1.29 is 18.0 Å². The highest BCUT2D eigenvalue weighted by Crippen LogP contribution is 2.34. The predicted octanol–water partition coefficient (Wildman–Crippen LogP) is 3.70. The summed E-state index contributed by atoms with van der Waals surface area (Å²) in [5, 5.41) is 12.6. The van der Waals surface area contributed by atoms with Crippen molar-refractivity contribution in [1.29, 1.82) is 5.41 Å². The highest BCUT2D eigenvalue weighted by molar-refractivity contribution is 5.93. The summed E-state index contributed by atoms with van der Waals surface area (Å²) < 4.78 is 41.0. The minimum absolute atomic E-state index is 0.0751. The van der Waals surface area contributed by atoms with E-state index in [1.807, 2.05) is 24.1 Å². The maximum absolute atomic E-state index is 13.7. The number of hydrogen-bond acceptors (Lipinski definition) is 5. The van der Waals surface area contributed by atoms with Gasteiger partial charge in [-0.3, -0.25) is 9.69 Å². The third-order valence-electron chi connectivity index (χ3n) is 5.43. The van der Waals surface area contributed by atoms with E-state index in [2.05, 4.69) is 15.5 Å². The third-order valence-corrected chi connectivity index (χ3v) is 5.43. The number of hydrogen-bond donors (Lipinski definition) is 3. The molecule has 1 fully saturated rings. The van der Waals surface area contributed by atoms with E-state index in [4.69, 9.17) is 5.41 Å². The molecular formula is C23H28F3N5O. The van der Waals surface area contributed by atoms with Crippen LogP contribution in [-0.2, 0) is 23.9 Å². The van der Waals surface area contributed by atoms with Crippen molar-refractivity contribution in [2.24, 2.45) is 0 Å². The summed E-state index contributed by atoms with van der Waals surface area (Å²) in [6.07, 6.45) is -2.66. The van der Waals surface area contributed by atoms with Crippen LogP contribution in [0.15, 0.2) is 42.5 Å². The number of carbonyl (C=O) groups is 1. The number of piperazine rings is 1. The lowest BCUT2D eigenvalue weighted by Gasteiger charge is -2.33. The fourth-order valence-electron chi connectivity index (χ4n) is 3.57. The van der Waals surface area contributed by atoms with Crippen molar-refractivity contribution in [2.75, 3.05) is 50.4 Å². The second kappa shape index (κ2) is 10.6. The van der Waals surface area contributed by atoms with Crippen LogP contribution in [0.1, 0.15) is 16.7 Å². The highest BCUT2D eigenvalue weighted by atomic mass is 19.4. The predicted molar refractivity (Wildman–Crippen MR) is 120 cm³/mol. The molecule has 3 N–H and O–H groups in total. The van der Waals surface area contributed by atoms with E-state index in [0.29, 0.717) is 12.1 Å². The molecule has 2 aromatic carbocycles. The van der Waals surface area contributed by atoms with E-state index in [0.717, 1.165) is 37.8 Å². The lowest BCUT2D eigenvalue weighted by atomic mass is 10.0. The zero-order valence-electron chi connectivity index (χ0n) is 18.0. The van der Waals surface area contributed by atoms with Crippen molar-refractivity contribution in [3.8, 4) is 0 Å². The van der Waals surface area contributed by atoms with Crippen LogP contribution in [0.4, 0.5) is 24.5 Å². The Morgan fingerprint density at radius 3 is 2.34 bits per heavy atom. The van der Waals surface area contributed by atoms with E-state index in [1.165, 1.54) is 18.3 Å². The summed E-state index contributed by atoms with van der Waals surface area (Å²) in [5.74, 6) is -0.437. The molecule has 1 amide bonds. The van der Waals surface area contributed by atoms with Crippen molar-refractivity contribution >= 4 is 23.5 Å². The highest BCUT2D eigenvalue weighted by Gasteiger charge is 2.34. The molecule has 0 bridgehead atoms. The number of anilines is 2. The summed E-state index contributed by atoms with van der Waals surface area (Å²) in [6.45, 7) is 3.25. The number of carbonyl (C=O) groups excluding carboxylic acids is 1. The first-order valence-electron chi connectivity index (χ1n) is 10.5. The van der Waals surface area contributed by atoms with Crippen molar-refractivity contribution in [1.82, 2.24) is 9.80 Å². The number of benzene rings is 2. The maximum atomic E-state index is 13.7. The summed E-state index contributed by atoms with van der Waals surface area (Å²) >= 11 is 0. The largest absolute Gasteiger partial charge is 0.416 e. The molecule has 0 aliphatic carbocycles. The van der Waals surface area contributed by atoms with Gasteiger partial charge in [0.05, 0.1) is 12.1 Å². The first kappa shape index (κ1) is 23.7. The maximum Gasteiger partial charge on any atom is 0.416 e. The molecule has 2 aromatic rings. The SMILES string of the molecule is CN1CCN(Cc2ccc(NC(=O)CNc3ccc(CC=N)cc3)cc2C(F)(F)F)CC1. The zero-order valence-corrected chi connectivity index (χ0v) is 18.0. The van der Waals surface area contributed by atoms with Gasteiger partial charge >= 0.3 is 6.18 Å². The molecule has 1 saturated heterocycles. The molecule has 0 atom stereocenters. The summed E-state index contributed by atoms with van der Waals surface area (Å²) in [4.78, 5) is 16.4. The topological polar surface area (TPSA) is 71.5 Å². The van der Waals surface area contributed by atoms with Crippen LogP contribution >= 0.6 is 0 Å². The average molecular weight is 448 g/mol. The van der Waals surface area contributed by atoms with Crippen LogP contribution in [0, 0.1) is 5.41 Å². The van der Waals surface area contributed by atoms with Gasteiger partial charge in [-0.25, -0.2) is 0 Å². The Labute approximate surface area is 185 Å². The summed E-state index contributed by atoms with van der Waals surface area (Å²) in [7, 11) is 2.00. The van der Waals surface area contributed by atoms with Crippen LogP contribution in [0.3, 0.4) is 0 Å². The van der Waals surface area contributed by atoms with Gasteiger partial charge in [-0.1, -0.05) is 18.2 Å². The summed E-state index contributed by atoms with van der Waals surface area (Å²) in [6, 6.07) is 11.3. The number of amides is 1. The third kappa shape index (κ3) is 6.80. The van der Waals surface area contributed by atoms with Crippen LogP contribution < -0.4 is 10.6 Å². The molecule has 0 radical (unpaired) electrons. The molecule has 32 heavy (non-hydrogen) atoms. The molecule has 0 unspecified atom stereocenters. The Balaban J connectivity index is 1.61. The Morgan fingerprint density at radius 2 is 1.72 bits per heavy atom. The number of likely N-dealkylation sites (N-methyl/N-ethyl adjacent to an activating group) is 1. The van der Waals surface area contributed by atoms with Gasteiger partial charge < -0.3 is 20.9 Å². The molecule has 6 nitrogen and oxygen atoms in total. The molecule has 1 heterocycles. The zero-order chi connectivity index (χ0) is 23.1. The number of rotatable bonds is 8. The number of halogens is 3. The van der Waals surface area contributed by atoms with Gasteiger partial charge in [-0.05, 0) is 48.7 Å². The van der Waals surface area contributed by atoms with E-state index in [9.17, 15) is 18.0 Å². The normalized spacial score (nSPS) is 15.4. The second-order valence-corrected chi connectivity index (χ2v) is 7.96. The Kier molecular flexibility index (Phi) is 7.87. The molecule has 0 saturated carbocycles. The lowest BCUT2D eigenvalue weighted by molar-refractivity contribution is -0.138. The standard InChI is InChI=1S/C23H28F3N5O/c1-30-10-12-31(13-11-30)16-18-4-7-20(14-21(18)23(24,25)26)29-22(32)15-28-19-5-2-17(3-6-19)8-9-27/h2-7,9,14,27-28H,8,10-13,15-16H2,1H3,(H,29,32). The van der Waals surface area contributed by atoms with Crippen molar-refractivity contribution in [2.45, 2.75) is 19.1 Å². The van der Waals surface area contributed by atoms with Gasteiger partial charge in [0.15, 0.2) is 0 Å². The van der Waals surface area contributed by atoms with Crippen LogP contribution in [0.5, 0.6) is 0 Å². The number of alkyl halides is 3. The van der Waals surface area contributed by atoms with Crippen LogP contribution in [0.25, 0.3) is 0 Å². The van der Waals surface area contributed by atoms with Gasteiger partial charge in [-0.15, -0.1) is 0 Å². The molecule has 9 heteroatoms. The molecule has 1 aliphatic rings. The van der Waals surface area contributed by atoms with Gasteiger partial charge in [0.2, 0.25) is 5.91 Å². The molecular weight excluding hydrogens is 419 g/mol. The second-order valence-electron chi connectivity index (χ2n) is 7.96. The number of nitrogens with one attached hydrogen (secondary N) is 3. The van der Waals surface area contributed by atoms with Gasteiger partial charge in [0, 0.05) is 50.5 Å². The van der Waals surface area contributed by atoms with Crippen molar-refractivity contribution in [3.63, 3.8) is 0 Å². The monoisotopic (exact) mass is 447 g/mol. The molecule has 0 spiro atoms. The smallest absolute Gasteiger partial charge is 0.376 e. The molecule has 0 aromatic heterocycles. The first-order chi connectivity index (χ1) is 15.2. The van der Waals surface area contributed by atoms with E-state index in [1.54, 1.807) is 12.1 Å². The Hall–Kier alpha value is -2.91. The lowest BCUT2D eigenvalue weighted by Crippen LogP contribution is -2.44. The van der Waals surface area contributed by atoms with E-state index >= 15 is 0 Å². The van der Waals surface area contributed by atoms with Gasteiger partial charge in [0.1, 0.15) is 0 Å². The van der Waals surface area contributed by atoms with E-state index < -0.39 is 17.6 Å². The first-order valence-corrected chi connectivity index (χ1v) is 10.5. The Morgan fingerprint density at radius 1 is 1.06 bits per heavy atom. The minimum Gasteiger partial charge on any atom is -0.376 e. The fraction of sp³-hybridized carbons (Fsp3) is 0.391. The average Bonchev–Trinajstić information content (AvgIpc) is 2.75. The fourth-order valence-corrected chi connectivity index (χ4v) is 3.57. The number of nitrogens with zero attached hydrogens (tertiary/aromatic N) is 2. The Bertz CT molecular complexity index is 922. The van der Waals surface area contributed by atoms with Crippen LogP contribution in [-0.4, -0.2) is 61.7 Å².